The van der Waals surface area contributed by atoms with E-state index >= 15 is 0 Å². The average Bonchev–Trinajstić information content (AvgIpc) is 3.08. The Kier molecular flexibility index (Phi) is 3.02. The molecule has 2 bridgehead atoms. The van der Waals surface area contributed by atoms with Gasteiger partial charge in [-0.2, -0.15) is 5.26 Å². The molecule has 98 valence electrons. The minimum Gasteiger partial charge on any atom is -0.314 e. The largest absolute Gasteiger partial charge is 0.314 e. The van der Waals surface area contributed by atoms with E-state index in [4.69, 9.17) is 5.26 Å². The van der Waals surface area contributed by atoms with E-state index in [1.165, 1.54) is 19.3 Å². The van der Waals surface area contributed by atoms with E-state index in [-0.39, 0.29) is 11.8 Å². The van der Waals surface area contributed by atoms with E-state index < -0.39 is 0 Å². The molecule has 1 amide bonds. The summed E-state index contributed by atoms with van der Waals surface area (Å²) >= 11 is 0. The van der Waals surface area contributed by atoms with Gasteiger partial charge in [-0.1, -0.05) is 18.6 Å². The van der Waals surface area contributed by atoms with Crippen LogP contribution in [0.5, 0.6) is 0 Å². The molecule has 2 aliphatic carbocycles. The summed E-state index contributed by atoms with van der Waals surface area (Å²) < 4.78 is 0. The van der Waals surface area contributed by atoms with Crippen LogP contribution in [-0.2, 0) is 4.79 Å². The Morgan fingerprint density at radius 1 is 1.32 bits per heavy atom. The van der Waals surface area contributed by atoms with E-state index in [1.807, 2.05) is 18.2 Å². The molecule has 3 unspecified atom stereocenters. The van der Waals surface area contributed by atoms with E-state index in [0.29, 0.717) is 11.5 Å². The van der Waals surface area contributed by atoms with E-state index in [9.17, 15) is 4.79 Å². The van der Waals surface area contributed by atoms with Gasteiger partial charge in [-0.3, -0.25) is 4.79 Å². The van der Waals surface area contributed by atoms with Gasteiger partial charge in [0.25, 0.3) is 0 Å². The van der Waals surface area contributed by atoms with Gasteiger partial charge in [-0.25, -0.2) is 0 Å². The first-order valence-electron chi connectivity index (χ1n) is 6.97. The maximum atomic E-state index is 12.6. The summed E-state index contributed by atoms with van der Waals surface area (Å²) in [5, 5.41) is 9.13. The molecular weight excluding hydrogens is 236 g/mol. The molecule has 19 heavy (non-hydrogen) atoms. The van der Waals surface area contributed by atoms with Gasteiger partial charge in [0.15, 0.2) is 0 Å². The number of nitriles is 1. The van der Waals surface area contributed by atoms with Crippen LogP contribution < -0.4 is 4.90 Å². The second kappa shape index (κ2) is 4.70. The van der Waals surface area contributed by atoms with Crippen molar-refractivity contribution in [2.24, 2.45) is 17.8 Å². The number of benzene rings is 1. The molecule has 1 aromatic carbocycles. The van der Waals surface area contributed by atoms with Gasteiger partial charge >= 0.3 is 0 Å². The van der Waals surface area contributed by atoms with Crippen molar-refractivity contribution in [2.75, 3.05) is 11.9 Å². The van der Waals surface area contributed by atoms with Gasteiger partial charge in [0, 0.05) is 13.0 Å². The van der Waals surface area contributed by atoms with Crippen LogP contribution in [0.1, 0.15) is 31.2 Å². The zero-order chi connectivity index (χ0) is 13.4. The number of rotatable bonds is 2. The monoisotopic (exact) mass is 254 g/mol. The van der Waals surface area contributed by atoms with Crippen LogP contribution in [-0.4, -0.2) is 13.0 Å². The molecule has 0 heterocycles. The lowest BCUT2D eigenvalue weighted by Crippen LogP contribution is -2.35. The molecule has 2 aliphatic rings. The van der Waals surface area contributed by atoms with Crippen molar-refractivity contribution in [3.8, 4) is 6.07 Å². The molecule has 3 heteroatoms. The fourth-order valence-corrected chi connectivity index (χ4v) is 3.78. The number of anilines is 1. The molecular formula is C16H18N2O. The molecule has 1 aromatic rings. The first-order chi connectivity index (χ1) is 9.20. The van der Waals surface area contributed by atoms with Crippen molar-refractivity contribution >= 4 is 11.6 Å². The van der Waals surface area contributed by atoms with Gasteiger partial charge in [-0.15, -0.1) is 0 Å². The predicted octanol–water partition coefficient (Wildman–Crippen LogP) is 2.96. The van der Waals surface area contributed by atoms with Crippen molar-refractivity contribution in [3.05, 3.63) is 29.8 Å². The normalized spacial score (nSPS) is 28.1. The van der Waals surface area contributed by atoms with Crippen LogP contribution in [0.25, 0.3) is 0 Å². The number of fused-ring (bicyclic) bond motifs is 2. The third-order valence-corrected chi connectivity index (χ3v) is 4.77. The molecule has 0 aliphatic heterocycles. The number of para-hydroxylation sites is 1. The van der Waals surface area contributed by atoms with Gasteiger partial charge in [0.05, 0.1) is 11.3 Å². The summed E-state index contributed by atoms with van der Waals surface area (Å²) in [5.74, 6) is 1.71. The summed E-state index contributed by atoms with van der Waals surface area (Å²) in [7, 11) is 1.80. The number of carbonyl (C=O) groups excluding carboxylic acids is 1. The fraction of sp³-hybridized carbons (Fsp3) is 0.500. The van der Waals surface area contributed by atoms with Crippen molar-refractivity contribution < 1.29 is 4.79 Å². The van der Waals surface area contributed by atoms with Gasteiger partial charge in [0.1, 0.15) is 6.07 Å². The topological polar surface area (TPSA) is 44.1 Å². The lowest BCUT2D eigenvalue weighted by molar-refractivity contribution is -0.123. The minimum absolute atomic E-state index is 0.176. The Morgan fingerprint density at radius 2 is 2.11 bits per heavy atom. The van der Waals surface area contributed by atoms with Crippen LogP contribution in [0.3, 0.4) is 0 Å². The zero-order valence-corrected chi connectivity index (χ0v) is 11.2. The fourth-order valence-electron chi connectivity index (χ4n) is 3.78. The van der Waals surface area contributed by atoms with Crippen LogP contribution >= 0.6 is 0 Å². The lowest BCUT2D eigenvalue weighted by atomic mass is 9.87. The van der Waals surface area contributed by atoms with Gasteiger partial charge in [0.2, 0.25) is 5.91 Å². The molecule has 3 rings (SSSR count). The highest BCUT2D eigenvalue weighted by atomic mass is 16.2. The maximum Gasteiger partial charge on any atom is 0.230 e. The number of carbonyl (C=O) groups is 1. The first-order valence-corrected chi connectivity index (χ1v) is 6.97. The summed E-state index contributed by atoms with van der Waals surface area (Å²) in [4.78, 5) is 14.3. The molecule has 0 N–H and O–H groups in total. The second-order valence-corrected chi connectivity index (χ2v) is 5.81. The molecule has 3 atom stereocenters. The number of nitrogens with zero attached hydrogens (tertiary/aromatic N) is 2. The zero-order valence-electron chi connectivity index (χ0n) is 11.2. The van der Waals surface area contributed by atoms with E-state index in [1.54, 1.807) is 18.0 Å². The van der Waals surface area contributed by atoms with Crippen LogP contribution in [0.15, 0.2) is 24.3 Å². The summed E-state index contributed by atoms with van der Waals surface area (Å²) in [5.41, 5.74) is 1.30. The summed E-state index contributed by atoms with van der Waals surface area (Å²) in [6, 6.07) is 9.48. The molecule has 0 aromatic heterocycles. The van der Waals surface area contributed by atoms with Crippen molar-refractivity contribution in [1.29, 1.82) is 5.26 Å². The SMILES string of the molecule is CN(C(=O)C1CC2CCC1C2)c1ccccc1C#N. The molecule has 0 saturated heterocycles. The Morgan fingerprint density at radius 3 is 2.74 bits per heavy atom. The van der Waals surface area contributed by atoms with Gasteiger partial charge < -0.3 is 4.90 Å². The van der Waals surface area contributed by atoms with E-state index in [2.05, 4.69) is 6.07 Å². The standard InChI is InChI=1S/C16H18N2O/c1-18(15-5-3-2-4-13(15)10-17)16(19)14-9-11-6-7-12(14)8-11/h2-5,11-12,14H,6-9H2,1H3. The lowest BCUT2D eigenvalue weighted by Gasteiger charge is -2.27. The van der Waals surface area contributed by atoms with Crippen LogP contribution in [0.4, 0.5) is 5.69 Å². The third-order valence-electron chi connectivity index (χ3n) is 4.77. The Balaban J connectivity index is 1.82. The Bertz CT molecular complexity index is 546. The molecule has 3 nitrogen and oxygen atoms in total. The maximum absolute atomic E-state index is 12.6. The van der Waals surface area contributed by atoms with Gasteiger partial charge in [-0.05, 0) is 43.2 Å². The van der Waals surface area contributed by atoms with Crippen LogP contribution in [0, 0.1) is 29.1 Å². The smallest absolute Gasteiger partial charge is 0.230 e. The highest BCUT2D eigenvalue weighted by Gasteiger charge is 2.44. The summed E-state index contributed by atoms with van der Waals surface area (Å²) in [6.45, 7) is 0. The van der Waals surface area contributed by atoms with Crippen molar-refractivity contribution in [1.82, 2.24) is 0 Å². The molecule has 0 spiro atoms. The second-order valence-electron chi connectivity index (χ2n) is 5.81. The number of hydrogen-bond acceptors (Lipinski definition) is 2. The van der Waals surface area contributed by atoms with Crippen molar-refractivity contribution in [3.63, 3.8) is 0 Å². The Labute approximate surface area is 113 Å². The summed E-state index contributed by atoms with van der Waals surface area (Å²) in [6.07, 6.45) is 4.77. The number of hydrogen-bond donors (Lipinski definition) is 0. The van der Waals surface area contributed by atoms with Crippen molar-refractivity contribution in [2.45, 2.75) is 25.7 Å². The quantitative estimate of drug-likeness (QED) is 0.814. The predicted molar refractivity (Wildman–Crippen MR) is 73.5 cm³/mol. The molecule has 2 saturated carbocycles. The number of amides is 1. The molecule has 0 radical (unpaired) electrons. The van der Waals surface area contributed by atoms with Crippen LogP contribution in [0.2, 0.25) is 0 Å². The minimum atomic E-state index is 0.176. The first kappa shape index (κ1) is 12.2. The van der Waals surface area contributed by atoms with E-state index in [0.717, 1.165) is 18.0 Å². The highest BCUT2D eigenvalue weighted by molar-refractivity contribution is 5.96. The highest BCUT2D eigenvalue weighted by Crippen LogP contribution is 2.49. The third kappa shape index (κ3) is 2.02. The molecule has 2 fully saturated rings. The average molecular weight is 254 g/mol. The Hall–Kier alpha value is -1.82.